The van der Waals surface area contributed by atoms with Gasteiger partial charge in [0.2, 0.25) is 0 Å². The lowest BCUT2D eigenvalue weighted by molar-refractivity contribution is -0.0122. The topological polar surface area (TPSA) is 65.0 Å². The number of hydrogen-bond acceptors (Lipinski definition) is 5. The summed E-state index contributed by atoms with van der Waals surface area (Å²) in [6.45, 7) is 3.11. The van der Waals surface area contributed by atoms with Gasteiger partial charge in [-0.1, -0.05) is 12.1 Å². The molecule has 3 aromatic carbocycles. The van der Waals surface area contributed by atoms with Crippen LogP contribution >= 0.6 is 0 Å². The van der Waals surface area contributed by atoms with Crippen molar-refractivity contribution in [3.8, 4) is 28.4 Å². The predicted molar refractivity (Wildman–Crippen MR) is 134 cm³/mol. The van der Waals surface area contributed by atoms with Crippen LogP contribution in [0.25, 0.3) is 11.1 Å². The second-order valence-electron chi connectivity index (χ2n) is 9.31. The molecule has 0 radical (unpaired) electrons. The van der Waals surface area contributed by atoms with Crippen molar-refractivity contribution in [1.82, 2.24) is 0 Å². The molecule has 0 amide bonds. The SMILES string of the molecule is Cc1cc(OCC2(O)CCS(=O)CC2)cc2c1-c1cc(COc3cccc(F)c3)ccc1OCC2. The zero-order valence-electron chi connectivity index (χ0n) is 19.7. The smallest absolute Gasteiger partial charge is 0.127 e. The van der Waals surface area contributed by atoms with E-state index in [1.54, 1.807) is 12.1 Å². The molecular formula is C28H29FO5S. The summed E-state index contributed by atoms with van der Waals surface area (Å²) in [4.78, 5) is 0. The van der Waals surface area contributed by atoms with E-state index in [9.17, 15) is 13.7 Å². The molecule has 5 nitrogen and oxygen atoms in total. The summed E-state index contributed by atoms with van der Waals surface area (Å²) in [7, 11) is -0.834. The molecule has 0 saturated carbocycles. The van der Waals surface area contributed by atoms with E-state index >= 15 is 0 Å². The average molecular weight is 497 g/mol. The minimum absolute atomic E-state index is 0.192. The molecule has 0 atom stereocenters. The van der Waals surface area contributed by atoms with Crippen molar-refractivity contribution in [2.45, 2.75) is 38.4 Å². The van der Waals surface area contributed by atoms with Gasteiger partial charge in [-0.3, -0.25) is 4.21 Å². The van der Waals surface area contributed by atoms with Crippen LogP contribution in [0.5, 0.6) is 17.2 Å². The van der Waals surface area contributed by atoms with Crippen LogP contribution in [0, 0.1) is 12.7 Å². The molecule has 7 heteroatoms. The molecule has 2 aliphatic rings. The highest BCUT2D eigenvalue weighted by atomic mass is 32.2. The van der Waals surface area contributed by atoms with Crippen LogP contribution in [0.3, 0.4) is 0 Å². The van der Waals surface area contributed by atoms with E-state index in [1.807, 2.05) is 24.3 Å². The second kappa shape index (κ2) is 9.99. The molecule has 0 unspecified atom stereocenters. The van der Waals surface area contributed by atoms with E-state index in [0.717, 1.165) is 45.7 Å². The molecule has 1 N–H and O–H groups in total. The number of aryl methyl sites for hydroxylation is 1. The molecule has 0 aromatic heterocycles. The van der Waals surface area contributed by atoms with Gasteiger partial charge in [-0.25, -0.2) is 4.39 Å². The Kier molecular flexibility index (Phi) is 6.80. The standard InChI is InChI=1S/C28H29FO5S/c1-19-13-24(34-18-28(30)8-11-35(31)12-9-28)15-21-7-10-32-26-6-5-20(14-25(26)27(19)21)17-33-23-4-2-3-22(29)16-23/h2-6,13-16,30H,7-12,17-18H2,1H3. The summed E-state index contributed by atoms with van der Waals surface area (Å²) < 4.78 is 43.0. The van der Waals surface area contributed by atoms with Crippen LogP contribution in [-0.2, 0) is 23.8 Å². The van der Waals surface area contributed by atoms with Gasteiger partial charge in [0.05, 0.1) is 6.61 Å². The third-order valence-corrected chi connectivity index (χ3v) is 7.95. The Balaban J connectivity index is 1.37. The lowest BCUT2D eigenvalue weighted by atomic mass is 9.92. The minimum atomic E-state index is -0.930. The highest BCUT2D eigenvalue weighted by molar-refractivity contribution is 7.85. The summed E-state index contributed by atoms with van der Waals surface area (Å²) in [6.07, 6.45) is 1.72. The fourth-order valence-corrected chi connectivity index (χ4v) is 6.09. The van der Waals surface area contributed by atoms with Gasteiger partial charge in [-0.05, 0) is 78.4 Å². The average Bonchev–Trinajstić information content (AvgIpc) is 3.03. The molecule has 0 spiro atoms. The van der Waals surface area contributed by atoms with Crippen molar-refractivity contribution in [3.63, 3.8) is 0 Å². The van der Waals surface area contributed by atoms with Crippen molar-refractivity contribution in [2.24, 2.45) is 0 Å². The van der Waals surface area contributed by atoms with E-state index in [4.69, 9.17) is 14.2 Å². The lowest BCUT2D eigenvalue weighted by Gasteiger charge is -2.31. The Labute approximate surface area is 207 Å². The fraction of sp³-hybridized carbons (Fsp3) is 0.357. The van der Waals surface area contributed by atoms with Crippen LogP contribution in [0.1, 0.15) is 29.5 Å². The number of aliphatic hydroxyl groups is 1. The molecule has 184 valence electrons. The van der Waals surface area contributed by atoms with E-state index in [2.05, 4.69) is 13.0 Å². The Bertz CT molecular complexity index is 1250. The maximum absolute atomic E-state index is 13.5. The Morgan fingerprint density at radius 2 is 1.89 bits per heavy atom. The molecule has 3 aromatic rings. The molecule has 1 fully saturated rings. The third-order valence-electron chi connectivity index (χ3n) is 6.63. The van der Waals surface area contributed by atoms with Crippen LogP contribution < -0.4 is 14.2 Å². The van der Waals surface area contributed by atoms with Gasteiger partial charge in [-0.2, -0.15) is 0 Å². The number of benzene rings is 3. The molecule has 0 bridgehead atoms. The number of fused-ring (bicyclic) bond motifs is 3. The summed E-state index contributed by atoms with van der Waals surface area (Å²) in [5.74, 6) is 2.73. The Morgan fingerprint density at radius 3 is 2.69 bits per heavy atom. The third kappa shape index (κ3) is 5.52. The molecular weight excluding hydrogens is 467 g/mol. The second-order valence-corrected chi connectivity index (χ2v) is 11.0. The Morgan fingerprint density at radius 1 is 1.06 bits per heavy atom. The van der Waals surface area contributed by atoms with Gasteiger partial charge < -0.3 is 19.3 Å². The number of halogens is 1. The zero-order valence-corrected chi connectivity index (χ0v) is 20.5. The van der Waals surface area contributed by atoms with Crippen LogP contribution in [0.15, 0.2) is 54.6 Å². The van der Waals surface area contributed by atoms with Gasteiger partial charge in [0.25, 0.3) is 0 Å². The van der Waals surface area contributed by atoms with Gasteiger partial charge in [0.1, 0.15) is 41.9 Å². The van der Waals surface area contributed by atoms with Crippen molar-refractivity contribution < 1.29 is 27.9 Å². The predicted octanol–water partition coefficient (Wildman–Crippen LogP) is 4.97. The first kappa shape index (κ1) is 23.8. The van der Waals surface area contributed by atoms with Crippen LogP contribution in [-0.4, -0.2) is 39.6 Å². The zero-order chi connectivity index (χ0) is 24.4. The summed E-state index contributed by atoms with van der Waals surface area (Å²) in [5, 5.41) is 10.8. The highest BCUT2D eigenvalue weighted by Crippen LogP contribution is 2.40. The fourth-order valence-electron chi connectivity index (χ4n) is 4.67. The highest BCUT2D eigenvalue weighted by Gasteiger charge is 2.33. The van der Waals surface area contributed by atoms with Crippen LogP contribution in [0.4, 0.5) is 4.39 Å². The largest absolute Gasteiger partial charge is 0.493 e. The summed E-state index contributed by atoms with van der Waals surface area (Å²) >= 11 is 0. The first-order valence-electron chi connectivity index (χ1n) is 11.9. The number of hydrogen-bond donors (Lipinski definition) is 1. The van der Waals surface area contributed by atoms with E-state index in [-0.39, 0.29) is 12.4 Å². The van der Waals surface area contributed by atoms with E-state index < -0.39 is 16.4 Å². The summed E-state index contributed by atoms with van der Waals surface area (Å²) in [6, 6.07) is 16.1. The molecule has 2 heterocycles. The Hall–Kier alpha value is -2.90. The van der Waals surface area contributed by atoms with Gasteiger partial charge in [-0.15, -0.1) is 0 Å². The molecule has 0 aliphatic carbocycles. The maximum atomic E-state index is 13.5. The molecule has 1 saturated heterocycles. The summed E-state index contributed by atoms with van der Waals surface area (Å²) in [5.41, 5.74) is 4.32. The van der Waals surface area contributed by atoms with Crippen LogP contribution in [0.2, 0.25) is 0 Å². The van der Waals surface area contributed by atoms with Crippen molar-refractivity contribution >= 4 is 10.8 Å². The minimum Gasteiger partial charge on any atom is -0.493 e. The first-order valence-corrected chi connectivity index (χ1v) is 13.4. The lowest BCUT2D eigenvalue weighted by Crippen LogP contribution is -2.42. The van der Waals surface area contributed by atoms with Crippen molar-refractivity contribution in [2.75, 3.05) is 24.7 Å². The van der Waals surface area contributed by atoms with Gasteiger partial charge in [0, 0.05) is 40.4 Å². The normalized spacial score (nSPS) is 21.3. The quantitative estimate of drug-likeness (QED) is 0.522. The van der Waals surface area contributed by atoms with Gasteiger partial charge >= 0.3 is 0 Å². The van der Waals surface area contributed by atoms with Crippen molar-refractivity contribution in [1.29, 1.82) is 0 Å². The monoisotopic (exact) mass is 496 g/mol. The maximum Gasteiger partial charge on any atom is 0.127 e. The first-order chi connectivity index (χ1) is 16.9. The van der Waals surface area contributed by atoms with Crippen molar-refractivity contribution in [3.05, 3.63) is 77.1 Å². The number of ether oxygens (including phenoxy) is 3. The molecule has 5 rings (SSSR count). The molecule has 2 aliphatic heterocycles. The molecule has 35 heavy (non-hydrogen) atoms. The van der Waals surface area contributed by atoms with E-state index in [0.29, 0.717) is 43.3 Å². The van der Waals surface area contributed by atoms with E-state index in [1.165, 1.54) is 12.1 Å². The van der Waals surface area contributed by atoms with Gasteiger partial charge in [0.15, 0.2) is 0 Å². The number of rotatable bonds is 6.